The van der Waals surface area contributed by atoms with Crippen LogP contribution >= 0.6 is 22.6 Å². The molecule has 5 rings (SSSR count). The minimum atomic E-state index is 0.00125. The van der Waals surface area contributed by atoms with Gasteiger partial charge in [0.1, 0.15) is 6.10 Å². The van der Waals surface area contributed by atoms with Gasteiger partial charge in [-0.25, -0.2) is 0 Å². The van der Waals surface area contributed by atoms with Crippen molar-refractivity contribution in [2.24, 2.45) is 46.3 Å². The molecular formula is C37H55IO2. The lowest BCUT2D eigenvalue weighted by molar-refractivity contribution is -0.151. The molecule has 3 fully saturated rings. The summed E-state index contributed by atoms with van der Waals surface area (Å²) in [4.78, 5) is 12.7. The van der Waals surface area contributed by atoms with Crippen LogP contribution in [-0.2, 0) is 16.0 Å². The summed E-state index contributed by atoms with van der Waals surface area (Å²) in [5.41, 5.74) is 3.79. The second-order valence-electron chi connectivity index (χ2n) is 15.1. The highest BCUT2D eigenvalue weighted by Gasteiger charge is 2.59. The van der Waals surface area contributed by atoms with Gasteiger partial charge in [0.15, 0.2) is 0 Å². The van der Waals surface area contributed by atoms with Crippen molar-refractivity contribution in [3.63, 3.8) is 0 Å². The molecule has 4 aliphatic carbocycles. The number of benzene rings is 1. The number of carbonyl (C=O) groups is 1. The van der Waals surface area contributed by atoms with Gasteiger partial charge in [-0.15, -0.1) is 0 Å². The molecule has 0 amide bonds. The number of allylic oxidation sites excluding steroid dienone is 1. The highest BCUT2D eigenvalue weighted by atomic mass is 127. The lowest BCUT2D eigenvalue weighted by Crippen LogP contribution is -2.51. The molecule has 2 nitrogen and oxygen atoms in total. The molecule has 8 unspecified atom stereocenters. The Hall–Kier alpha value is -0.840. The number of ether oxygens (including phenoxy) is 1. The molecule has 0 aromatic heterocycles. The summed E-state index contributed by atoms with van der Waals surface area (Å²) in [6, 6.07) is 8.63. The van der Waals surface area contributed by atoms with Crippen molar-refractivity contribution in [3.05, 3.63) is 45.0 Å². The molecule has 4 aliphatic rings. The van der Waals surface area contributed by atoms with E-state index in [0.29, 0.717) is 17.3 Å². The lowest BCUT2D eigenvalue weighted by Gasteiger charge is -2.58. The lowest BCUT2D eigenvalue weighted by atomic mass is 9.47. The molecule has 0 saturated heterocycles. The summed E-state index contributed by atoms with van der Waals surface area (Å²) in [7, 11) is 0. The van der Waals surface area contributed by atoms with E-state index in [1.807, 2.05) is 0 Å². The molecule has 0 spiro atoms. The topological polar surface area (TPSA) is 26.3 Å². The van der Waals surface area contributed by atoms with E-state index in [-0.39, 0.29) is 12.1 Å². The van der Waals surface area contributed by atoms with Crippen molar-refractivity contribution in [3.8, 4) is 0 Å². The molecule has 0 aliphatic heterocycles. The zero-order chi connectivity index (χ0) is 28.5. The number of fused-ring (bicyclic) bond motifs is 5. The van der Waals surface area contributed by atoms with Gasteiger partial charge in [-0.1, -0.05) is 77.7 Å². The Labute approximate surface area is 259 Å². The summed E-state index contributed by atoms with van der Waals surface area (Å²) < 4.78 is 7.32. The number of aryl methyl sites for hydroxylation is 1. The molecule has 1 aromatic carbocycles. The van der Waals surface area contributed by atoms with E-state index in [4.69, 9.17) is 4.74 Å². The second kappa shape index (κ2) is 12.8. The average Bonchev–Trinajstić information content (AvgIpc) is 3.27. The molecule has 3 saturated carbocycles. The van der Waals surface area contributed by atoms with Crippen LogP contribution in [0.15, 0.2) is 35.9 Å². The molecule has 3 heteroatoms. The normalized spacial score (nSPS) is 35.9. The van der Waals surface area contributed by atoms with Crippen molar-refractivity contribution in [2.45, 2.75) is 131 Å². The largest absolute Gasteiger partial charge is 0.462 e. The fourth-order valence-electron chi connectivity index (χ4n) is 10.1. The zero-order valence-corrected chi connectivity index (χ0v) is 28.2. The minimum Gasteiger partial charge on any atom is -0.462 e. The Morgan fingerprint density at radius 2 is 1.75 bits per heavy atom. The van der Waals surface area contributed by atoms with E-state index >= 15 is 0 Å². The number of carbonyl (C=O) groups excluding carboxylic acids is 1. The maximum Gasteiger partial charge on any atom is 0.306 e. The number of esters is 1. The molecule has 222 valence electrons. The Morgan fingerprint density at radius 3 is 2.50 bits per heavy atom. The van der Waals surface area contributed by atoms with Crippen molar-refractivity contribution >= 4 is 28.6 Å². The van der Waals surface area contributed by atoms with E-state index < -0.39 is 0 Å². The van der Waals surface area contributed by atoms with E-state index in [2.05, 4.69) is 87.6 Å². The fraction of sp³-hybridized carbons (Fsp3) is 0.757. The third-order valence-electron chi connectivity index (χ3n) is 12.3. The molecule has 8 atom stereocenters. The first-order valence-electron chi connectivity index (χ1n) is 16.7. The Bertz CT molecular complexity index is 1040. The molecule has 0 heterocycles. The van der Waals surface area contributed by atoms with Gasteiger partial charge in [-0.05, 0) is 144 Å². The Balaban J connectivity index is 1.15. The summed E-state index contributed by atoms with van der Waals surface area (Å²) in [6.07, 6.45) is 19.5. The molecule has 40 heavy (non-hydrogen) atoms. The van der Waals surface area contributed by atoms with Crippen LogP contribution in [0.1, 0.15) is 124 Å². The zero-order valence-electron chi connectivity index (χ0n) is 26.0. The highest BCUT2D eigenvalue weighted by molar-refractivity contribution is 14.1. The van der Waals surface area contributed by atoms with Gasteiger partial charge < -0.3 is 4.74 Å². The average molecular weight is 659 g/mol. The number of rotatable bonds is 10. The first-order valence-corrected chi connectivity index (χ1v) is 17.8. The Morgan fingerprint density at radius 1 is 0.975 bits per heavy atom. The first kappa shape index (κ1) is 30.6. The summed E-state index contributed by atoms with van der Waals surface area (Å²) >= 11 is 2.34. The Kier molecular flexibility index (Phi) is 9.80. The molecule has 1 aromatic rings. The van der Waals surface area contributed by atoms with Crippen LogP contribution in [0.2, 0.25) is 0 Å². The predicted octanol–water partition coefficient (Wildman–Crippen LogP) is 10.6. The van der Waals surface area contributed by atoms with Crippen molar-refractivity contribution in [1.82, 2.24) is 0 Å². The molecule has 0 N–H and O–H groups in total. The maximum atomic E-state index is 12.7. The van der Waals surface area contributed by atoms with E-state index in [1.54, 1.807) is 5.57 Å². The van der Waals surface area contributed by atoms with Crippen LogP contribution < -0.4 is 0 Å². The van der Waals surface area contributed by atoms with Gasteiger partial charge in [0.05, 0.1) is 0 Å². The maximum absolute atomic E-state index is 12.7. The van der Waals surface area contributed by atoms with Gasteiger partial charge in [-0.3, -0.25) is 4.79 Å². The SMILES string of the molecule is CC(C)CCCC(C)C1CCC2C3CC=C4CC(OC(=O)CCCc5ccc(I)cc5)CCC4(C)C3CCC12C. The van der Waals surface area contributed by atoms with Crippen LogP contribution in [-0.4, -0.2) is 12.1 Å². The third kappa shape index (κ3) is 6.40. The monoisotopic (exact) mass is 658 g/mol. The van der Waals surface area contributed by atoms with Crippen LogP contribution in [0.25, 0.3) is 0 Å². The molecule has 0 radical (unpaired) electrons. The third-order valence-corrected chi connectivity index (χ3v) is 13.0. The van der Waals surface area contributed by atoms with Gasteiger partial charge in [0.2, 0.25) is 0 Å². The number of hydrogen-bond donors (Lipinski definition) is 0. The molecule has 0 bridgehead atoms. The smallest absolute Gasteiger partial charge is 0.306 e. The summed E-state index contributed by atoms with van der Waals surface area (Å²) in [5.74, 6) is 5.22. The minimum absolute atomic E-state index is 0.00125. The first-order chi connectivity index (χ1) is 19.1. The highest BCUT2D eigenvalue weighted by Crippen LogP contribution is 2.67. The number of halogens is 1. The van der Waals surface area contributed by atoms with E-state index in [0.717, 1.165) is 61.2 Å². The van der Waals surface area contributed by atoms with Gasteiger partial charge in [-0.2, -0.15) is 0 Å². The second-order valence-corrected chi connectivity index (χ2v) is 16.4. The van der Waals surface area contributed by atoms with Crippen molar-refractivity contribution < 1.29 is 9.53 Å². The predicted molar refractivity (Wildman–Crippen MR) is 175 cm³/mol. The van der Waals surface area contributed by atoms with Gasteiger partial charge >= 0.3 is 5.97 Å². The quantitative estimate of drug-likeness (QED) is 0.142. The van der Waals surface area contributed by atoms with Gasteiger partial charge in [0.25, 0.3) is 0 Å². The van der Waals surface area contributed by atoms with Crippen LogP contribution in [0.3, 0.4) is 0 Å². The summed E-state index contributed by atoms with van der Waals surface area (Å²) in [6.45, 7) is 12.6. The van der Waals surface area contributed by atoms with Crippen LogP contribution in [0, 0.1) is 49.9 Å². The van der Waals surface area contributed by atoms with Gasteiger partial charge in [0, 0.05) is 16.4 Å². The van der Waals surface area contributed by atoms with E-state index in [9.17, 15) is 4.79 Å². The standard InChI is InChI=1S/C37H55IO2/c1-25(2)8-6-9-26(3)32-18-19-33-31-17-14-28-24-30(20-22-36(28,4)34(31)21-23-37(32,33)5)40-35(39)11-7-10-27-12-15-29(38)16-13-27/h12-16,25-26,30-34H,6-11,17-24H2,1-5H3. The van der Waals surface area contributed by atoms with Crippen molar-refractivity contribution in [2.75, 3.05) is 0 Å². The summed E-state index contributed by atoms with van der Waals surface area (Å²) in [5, 5.41) is 0. The van der Waals surface area contributed by atoms with Crippen molar-refractivity contribution in [1.29, 1.82) is 0 Å². The van der Waals surface area contributed by atoms with Crippen LogP contribution in [0.5, 0.6) is 0 Å². The van der Waals surface area contributed by atoms with Crippen LogP contribution in [0.4, 0.5) is 0 Å². The van der Waals surface area contributed by atoms with E-state index in [1.165, 1.54) is 66.9 Å². The number of hydrogen-bond acceptors (Lipinski definition) is 2. The fourth-order valence-corrected chi connectivity index (χ4v) is 10.4. The molecular weight excluding hydrogens is 603 g/mol.